The number of piperidine rings is 1. The molecule has 2 aliphatic rings. The van der Waals surface area contributed by atoms with E-state index in [-0.39, 0.29) is 0 Å². The van der Waals surface area contributed by atoms with Crippen LogP contribution < -0.4 is 0 Å². The Bertz CT molecular complexity index is 468. The molecule has 1 aliphatic carbocycles. The van der Waals surface area contributed by atoms with Gasteiger partial charge in [-0.15, -0.1) is 0 Å². The van der Waals surface area contributed by atoms with Crippen LogP contribution in [-0.4, -0.2) is 23.1 Å². The van der Waals surface area contributed by atoms with Gasteiger partial charge in [0.1, 0.15) is 0 Å². The Balaban J connectivity index is 1.66. The molecule has 2 fully saturated rings. The standard InChI is InChI=1S/C16H21F2NO/c17-14-7-11(8-15(18)16(14)20)9-19-6-5-12-3-1-2-4-13(12)10-19/h7-8,12-13,20H,1-6,9-10H2. The van der Waals surface area contributed by atoms with Crippen molar-refractivity contribution in [1.29, 1.82) is 0 Å². The van der Waals surface area contributed by atoms with E-state index in [0.717, 1.165) is 24.9 Å². The second-order valence-corrected chi connectivity index (χ2v) is 6.24. The first-order chi connectivity index (χ1) is 9.63. The summed E-state index contributed by atoms with van der Waals surface area (Å²) in [6.45, 7) is 2.61. The zero-order valence-corrected chi connectivity index (χ0v) is 11.6. The molecule has 1 heterocycles. The van der Waals surface area contributed by atoms with Crippen LogP contribution in [0.25, 0.3) is 0 Å². The number of rotatable bonds is 2. The Morgan fingerprint density at radius 2 is 1.70 bits per heavy atom. The van der Waals surface area contributed by atoms with Crippen LogP contribution in [0, 0.1) is 23.5 Å². The highest BCUT2D eigenvalue weighted by Gasteiger charge is 2.31. The fourth-order valence-corrected chi connectivity index (χ4v) is 3.79. The van der Waals surface area contributed by atoms with Crippen molar-refractivity contribution >= 4 is 0 Å². The summed E-state index contributed by atoms with van der Waals surface area (Å²) in [6, 6.07) is 2.48. The van der Waals surface area contributed by atoms with Gasteiger partial charge in [0.25, 0.3) is 0 Å². The number of nitrogens with zero attached hydrogens (tertiary/aromatic N) is 1. The molecule has 0 amide bonds. The number of hydrogen-bond donors (Lipinski definition) is 1. The molecule has 1 aliphatic heterocycles. The van der Waals surface area contributed by atoms with Crippen molar-refractivity contribution in [1.82, 2.24) is 4.90 Å². The van der Waals surface area contributed by atoms with E-state index in [2.05, 4.69) is 4.90 Å². The molecule has 1 saturated carbocycles. The van der Waals surface area contributed by atoms with Gasteiger partial charge < -0.3 is 5.11 Å². The maximum Gasteiger partial charge on any atom is 0.187 e. The van der Waals surface area contributed by atoms with Gasteiger partial charge in [-0.1, -0.05) is 19.3 Å². The van der Waals surface area contributed by atoms with E-state index in [9.17, 15) is 8.78 Å². The molecule has 0 aromatic heterocycles. The van der Waals surface area contributed by atoms with E-state index in [1.165, 1.54) is 44.2 Å². The number of phenolic OH excluding ortho intramolecular Hbond substituents is 1. The third-order valence-corrected chi connectivity index (χ3v) is 4.86. The molecule has 0 bridgehead atoms. The highest BCUT2D eigenvalue weighted by molar-refractivity contribution is 5.30. The second kappa shape index (κ2) is 5.68. The number of likely N-dealkylation sites (tertiary alicyclic amines) is 1. The summed E-state index contributed by atoms with van der Waals surface area (Å²) in [4.78, 5) is 2.29. The lowest BCUT2D eigenvalue weighted by Crippen LogP contribution is -2.41. The Kier molecular flexibility index (Phi) is 3.92. The van der Waals surface area contributed by atoms with Crippen LogP contribution in [0.5, 0.6) is 5.75 Å². The topological polar surface area (TPSA) is 23.5 Å². The van der Waals surface area contributed by atoms with E-state index in [1.807, 2.05) is 0 Å². The molecular formula is C16H21F2NO. The molecule has 2 unspecified atom stereocenters. The minimum absolute atomic E-state index is 0.567. The zero-order valence-electron chi connectivity index (χ0n) is 11.6. The lowest BCUT2D eigenvalue weighted by molar-refractivity contribution is 0.0819. The van der Waals surface area contributed by atoms with Gasteiger partial charge in [-0.3, -0.25) is 4.90 Å². The van der Waals surface area contributed by atoms with Crippen molar-refractivity contribution in [3.8, 4) is 5.75 Å². The summed E-state index contributed by atoms with van der Waals surface area (Å²) >= 11 is 0. The van der Waals surface area contributed by atoms with Crippen LogP contribution >= 0.6 is 0 Å². The Morgan fingerprint density at radius 1 is 1.05 bits per heavy atom. The quantitative estimate of drug-likeness (QED) is 0.894. The molecule has 1 N–H and O–H groups in total. The van der Waals surface area contributed by atoms with Crippen LogP contribution in [-0.2, 0) is 6.54 Å². The molecular weight excluding hydrogens is 260 g/mol. The third-order valence-electron chi connectivity index (χ3n) is 4.86. The van der Waals surface area contributed by atoms with Crippen molar-refractivity contribution in [2.75, 3.05) is 13.1 Å². The van der Waals surface area contributed by atoms with Gasteiger partial charge in [0.05, 0.1) is 0 Å². The van der Waals surface area contributed by atoms with Crippen LogP contribution in [0.4, 0.5) is 8.78 Å². The van der Waals surface area contributed by atoms with E-state index in [1.54, 1.807) is 0 Å². The summed E-state index contributed by atoms with van der Waals surface area (Å²) in [5.41, 5.74) is 0.604. The highest BCUT2D eigenvalue weighted by atomic mass is 19.1. The third kappa shape index (κ3) is 2.80. The fraction of sp³-hybridized carbons (Fsp3) is 0.625. The van der Waals surface area contributed by atoms with E-state index in [4.69, 9.17) is 5.11 Å². The SMILES string of the molecule is Oc1c(F)cc(CN2CCC3CCCCC3C2)cc1F. The van der Waals surface area contributed by atoms with Gasteiger partial charge in [0.15, 0.2) is 17.4 Å². The highest BCUT2D eigenvalue weighted by Crippen LogP contribution is 2.36. The predicted molar refractivity (Wildman–Crippen MR) is 73.4 cm³/mol. The van der Waals surface area contributed by atoms with Crippen molar-refractivity contribution in [3.63, 3.8) is 0 Å². The molecule has 2 nitrogen and oxygen atoms in total. The maximum atomic E-state index is 13.4. The Morgan fingerprint density at radius 3 is 2.40 bits per heavy atom. The number of aromatic hydroxyl groups is 1. The van der Waals surface area contributed by atoms with Crippen LogP contribution in [0.15, 0.2) is 12.1 Å². The molecule has 3 rings (SSSR count). The Hall–Kier alpha value is -1.16. The number of fused-ring (bicyclic) bond motifs is 1. The Labute approximate surface area is 118 Å². The van der Waals surface area contributed by atoms with E-state index < -0.39 is 17.4 Å². The van der Waals surface area contributed by atoms with Gasteiger partial charge in [-0.2, -0.15) is 0 Å². The maximum absolute atomic E-state index is 13.4. The fourth-order valence-electron chi connectivity index (χ4n) is 3.79. The lowest BCUT2D eigenvalue weighted by atomic mass is 9.75. The molecule has 20 heavy (non-hydrogen) atoms. The summed E-state index contributed by atoms with van der Waals surface area (Å²) in [6.07, 6.45) is 6.52. The average molecular weight is 281 g/mol. The monoisotopic (exact) mass is 281 g/mol. The van der Waals surface area contributed by atoms with Gasteiger partial charge in [0.2, 0.25) is 0 Å². The molecule has 0 spiro atoms. The number of halogens is 2. The predicted octanol–water partition coefficient (Wildman–Crippen LogP) is 3.68. The molecule has 1 saturated heterocycles. The first kappa shape index (κ1) is 13.8. The average Bonchev–Trinajstić information content (AvgIpc) is 2.44. The molecule has 1 aromatic rings. The van der Waals surface area contributed by atoms with E-state index in [0.29, 0.717) is 12.1 Å². The normalized spacial score (nSPS) is 27.3. The van der Waals surface area contributed by atoms with Crippen molar-refractivity contribution in [2.24, 2.45) is 11.8 Å². The first-order valence-corrected chi connectivity index (χ1v) is 7.52. The van der Waals surface area contributed by atoms with Crippen molar-refractivity contribution < 1.29 is 13.9 Å². The molecule has 4 heteroatoms. The minimum atomic E-state index is -0.875. The van der Waals surface area contributed by atoms with E-state index >= 15 is 0 Å². The summed E-state index contributed by atoms with van der Waals surface area (Å²) in [7, 11) is 0. The van der Waals surface area contributed by atoms with Crippen molar-refractivity contribution in [2.45, 2.75) is 38.6 Å². The largest absolute Gasteiger partial charge is 0.503 e. The molecule has 1 aromatic carbocycles. The number of hydrogen-bond acceptors (Lipinski definition) is 2. The summed E-state index contributed by atoms with van der Waals surface area (Å²) in [5.74, 6) is -1.00. The number of benzene rings is 1. The molecule has 110 valence electrons. The summed E-state index contributed by atoms with van der Waals surface area (Å²) in [5, 5.41) is 9.13. The zero-order chi connectivity index (χ0) is 14.1. The first-order valence-electron chi connectivity index (χ1n) is 7.52. The smallest absolute Gasteiger partial charge is 0.187 e. The van der Waals surface area contributed by atoms with Crippen LogP contribution in [0.2, 0.25) is 0 Å². The molecule has 0 radical (unpaired) electrons. The second-order valence-electron chi connectivity index (χ2n) is 6.24. The van der Waals surface area contributed by atoms with Crippen molar-refractivity contribution in [3.05, 3.63) is 29.3 Å². The molecule has 2 atom stereocenters. The summed E-state index contributed by atoms with van der Waals surface area (Å²) < 4.78 is 26.7. The van der Waals surface area contributed by atoms with Gasteiger partial charge in [-0.25, -0.2) is 8.78 Å². The number of phenols is 1. The minimum Gasteiger partial charge on any atom is -0.503 e. The van der Waals surface area contributed by atoms with Crippen LogP contribution in [0.1, 0.15) is 37.7 Å². The lowest BCUT2D eigenvalue weighted by Gasteiger charge is -2.41. The van der Waals surface area contributed by atoms with Gasteiger partial charge in [0, 0.05) is 13.1 Å². The van der Waals surface area contributed by atoms with Gasteiger partial charge >= 0.3 is 0 Å². The van der Waals surface area contributed by atoms with Gasteiger partial charge in [-0.05, 0) is 48.9 Å². The van der Waals surface area contributed by atoms with Crippen LogP contribution in [0.3, 0.4) is 0 Å².